The van der Waals surface area contributed by atoms with Gasteiger partial charge in [0, 0.05) is 11.3 Å². The van der Waals surface area contributed by atoms with Gasteiger partial charge in [0.1, 0.15) is 11.5 Å². The van der Waals surface area contributed by atoms with E-state index in [0.29, 0.717) is 29.2 Å². The lowest BCUT2D eigenvalue weighted by atomic mass is 9.87. The Labute approximate surface area is 232 Å². The number of hydrogen-bond donors (Lipinski definition) is 0. The van der Waals surface area contributed by atoms with Crippen LogP contribution >= 0.6 is 0 Å². The summed E-state index contributed by atoms with van der Waals surface area (Å²) < 4.78 is 52.6. The van der Waals surface area contributed by atoms with Crippen molar-refractivity contribution >= 4 is 17.6 Å². The number of hydrogen-bond acceptors (Lipinski definition) is 5. The van der Waals surface area contributed by atoms with Crippen molar-refractivity contribution in [3.63, 3.8) is 0 Å². The molecular weight excluding hydrogens is 523 g/mol. The zero-order valence-electron chi connectivity index (χ0n) is 23.3. The summed E-state index contributed by atoms with van der Waals surface area (Å²) in [6.45, 7) is 8.85. The number of benzene rings is 3. The summed E-state index contributed by atoms with van der Waals surface area (Å²) in [7, 11) is 1.14. The lowest BCUT2D eigenvalue weighted by molar-refractivity contribution is -0.274. The number of ether oxygens (including phenoxy) is 3. The van der Waals surface area contributed by atoms with Crippen LogP contribution in [0.25, 0.3) is 11.1 Å². The van der Waals surface area contributed by atoms with Gasteiger partial charge in [-0.3, -0.25) is 9.69 Å². The van der Waals surface area contributed by atoms with Crippen LogP contribution in [0.5, 0.6) is 11.5 Å². The van der Waals surface area contributed by atoms with Crippen LogP contribution in [-0.2, 0) is 26.3 Å². The van der Waals surface area contributed by atoms with Gasteiger partial charge in [-0.15, -0.1) is 13.2 Å². The third kappa shape index (κ3) is 8.24. The van der Waals surface area contributed by atoms with E-state index in [0.717, 1.165) is 31.1 Å². The topological polar surface area (TPSA) is 65.1 Å². The van der Waals surface area contributed by atoms with Crippen molar-refractivity contribution in [2.24, 2.45) is 0 Å². The molecule has 0 saturated heterocycles. The monoisotopic (exact) mass is 557 g/mol. The fourth-order valence-corrected chi connectivity index (χ4v) is 3.97. The summed E-state index contributed by atoms with van der Waals surface area (Å²) in [5.41, 5.74) is 3.34. The molecule has 0 aromatic heterocycles. The molecule has 0 radical (unpaired) electrons. The molecule has 3 rings (SSSR count). The maximum atomic E-state index is 13.1. The number of halogens is 3. The Balaban J connectivity index is 2.04. The first-order valence-corrected chi connectivity index (χ1v) is 12.9. The average Bonchev–Trinajstić information content (AvgIpc) is 2.90. The second-order valence-electron chi connectivity index (χ2n) is 10.3. The van der Waals surface area contributed by atoms with Crippen LogP contribution in [0.3, 0.4) is 0 Å². The molecule has 6 nitrogen and oxygen atoms in total. The number of unbranched alkanes of at least 4 members (excludes halogenated alkanes) is 1. The quantitative estimate of drug-likeness (QED) is 0.155. The highest BCUT2D eigenvalue weighted by atomic mass is 19.4. The molecule has 0 saturated carbocycles. The van der Waals surface area contributed by atoms with E-state index in [-0.39, 0.29) is 17.7 Å². The lowest BCUT2D eigenvalue weighted by Crippen LogP contribution is -2.37. The van der Waals surface area contributed by atoms with E-state index in [1.54, 1.807) is 18.2 Å². The van der Waals surface area contributed by atoms with Gasteiger partial charge in [0.2, 0.25) is 0 Å². The van der Waals surface area contributed by atoms with Crippen LogP contribution in [-0.4, -0.2) is 32.0 Å². The summed E-state index contributed by atoms with van der Waals surface area (Å²) in [6.07, 6.45) is -3.10. The predicted octanol–water partition coefficient (Wildman–Crippen LogP) is 7.43. The molecule has 9 heteroatoms. The maximum absolute atomic E-state index is 13.1. The first kappa shape index (κ1) is 30.5. The van der Waals surface area contributed by atoms with E-state index in [2.05, 4.69) is 25.5 Å². The van der Waals surface area contributed by atoms with Gasteiger partial charge in [-0.25, -0.2) is 4.79 Å². The molecule has 214 valence electrons. The molecule has 40 heavy (non-hydrogen) atoms. The third-order valence-electron chi connectivity index (χ3n) is 6.19. The van der Waals surface area contributed by atoms with E-state index in [4.69, 9.17) is 9.47 Å². The SMILES string of the molecule is CCCCOc1ccc(N(Cc2ccc(C(C)(C)C)cc2)C(=O)C(=O)OC)cc1-c1ccc(OC(F)(F)F)cc1. The van der Waals surface area contributed by atoms with Crippen LogP contribution in [0.2, 0.25) is 0 Å². The van der Waals surface area contributed by atoms with Gasteiger partial charge in [0.25, 0.3) is 0 Å². The minimum absolute atomic E-state index is 0.0523. The minimum Gasteiger partial charge on any atom is -0.493 e. The summed E-state index contributed by atoms with van der Waals surface area (Å²) in [5.74, 6) is -1.75. The second kappa shape index (κ2) is 12.9. The Kier molecular flexibility index (Phi) is 9.84. The highest BCUT2D eigenvalue weighted by molar-refractivity contribution is 6.38. The van der Waals surface area contributed by atoms with Crippen molar-refractivity contribution in [2.45, 2.75) is 58.9 Å². The molecule has 3 aromatic rings. The van der Waals surface area contributed by atoms with E-state index in [1.807, 2.05) is 31.2 Å². The van der Waals surface area contributed by atoms with Gasteiger partial charge < -0.3 is 14.2 Å². The van der Waals surface area contributed by atoms with Crippen molar-refractivity contribution in [1.29, 1.82) is 0 Å². The van der Waals surface area contributed by atoms with Crippen LogP contribution in [0, 0.1) is 0 Å². The van der Waals surface area contributed by atoms with E-state index < -0.39 is 18.2 Å². The first-order chi connectivity index (χ1) is 18.8. The molecule has 0 bridgehead atoms. The van der Waals surface area contributed by atoms with Gasteiger partial charge >= 0.3 is 18.2 Å². The Morgan fingerprint density at radius 1 is 0.900 bits per heavy atom. The summed E-state index contributed by atoms with van der Waals surface area (Å²) in [6, 6.07) is 18.2. The van der Waals surface area contributed by atoms with Crippen molar-refractivity contribution in [3.05, 3.63) is 77.9 Å². The van der Waals surface area contributed by atoms with E-state index in [9.17, 15) is 22.8 Å². The Hall–Kier alpha value is -4.01. The zero-order valence-corrected chi connectivity index (χ0v) is 23.3. The van der Waals surface area contributed by atoms with E-state index >= 15 is 0 Å². The Morgan fingerprint density at radius 2 is 1.55 bits per heavy atom. The fraction of sp³-hybridized carbons (Fsp3) is 0.355. The molecular formula is C31H34F3NO5. The molecule has 0 atom stereocenters. The number of alkyl halides is 3. The summed E-state index contributed by atoms with van der Waals surface area (Å²) in [5, 5.41) is 0. The third-order valence-corrected chi connectivity index (χ3v) is 6.19. The molecule has 0 aliphatic heterocycles. The van der Waals surface area contributed by atoms with Crippen molar-refractivity contribution in [3.8, 4) is 22.6 Å². The van der Waals surface area contributed by atoms with Crippen molar-refractivity contribution in [2.75, 3.05) is 18.6 Å². The number of nitrogens with zero attached hydrogens (tertiary/aromatic N) is 1. The maximum Gasteiger partial charge on any atom is 0.573 e. The van der Waals surface area contributed by atoms with Crippen LogP contribution < -0.4 is 14.4 Å². The van der Waals surface area contributed by atoms with Gasteiger partial charge in [-0.1, -0.05) is 70.5 Å². The van der Waals surface area contributed by atoms with Gasteiger partial charge in [-0.05, 0) is 58.9 Å². The fourth-order valence-electron chi connectivity index (χ4n) is 3.97. The number of anilines is 1. The van der Waals surface area contributed by atoms with Crippen molar-refractivity contribution < 1.29 is 37.0 Å². The van der Waals surface area contributed by atoms with Gasteiger partial charge in [0.15, 0.2) is 0 Å². The van der Waals surface area contributed by atoms with Crippen LogP contribution in [0.1, 0.15) is 51.7 Å². The highest BCUT2D eigenvalue weighted by Gasteiger charge is 2.31. The molecule has 0 fully saturated rings. The van der Waals surface area contributed by atoms with Crippen molar-refractivity contribution in [1.82, 2.24) is 0 Å². The summed E-state index contributed by atoms with van der Waals surface area (Å²) in [4.78, 5) is 26.7. The number of amides is 1. The molecule has 0 N–H and O–H groups in total. The predicted molar refractivity (Wildman–Crippen MR) is 147 cm³/mol. The lowest BCUT2D eigenvalue weighted by Gasteiger charge is -2.24. The normalized spacial score (nSPS) is 11.6. The molecule has 0 unspecified atom stereocenters. The Bertz CT molecular complexity index is 1300. The molecule has 0 aliphatic rings. The largest absolute Gasteiger partial charge is 0.573 e. The smallest absolute Gasteiger partial charge is 0.493 e. The molecule has 0 aliphatic carbocycles. The Morgan fingerprint density at radius 3 is 2.10 bits per heavy atom. The first-order valence-electron chi connectivity index (χ1n) is 12.9. The summed E-state index contributed by atoms with van der Waals surface area (Å²) >= 11 is 0. The molecule has 3 aromatic carbocycles. The number of methoxy groups -OCH3 is 1. The minimum atomic E-state index is -4.81. The van der Waals surface area contributed by atoms with E-state index in [1.165, 1.54) is 29.2 Å². The molecule has 0 spiro atoms. The highest BCUT2D eigenvalue weighted by Crippen LogP contribution is 2.36. The van der Waals surface area contributed by atoms with Crippen LogP contribution in [0.4, 0.5) is 18.9 Å². The number of esters is 1. The zero-order chi connectivity index (χ0) is 29.5. The average molecular weight is 558 g/mol. The second-order valence-corrected chi connectivity index (χ2v) is 10.3. The van der Waals surface area contributed by atoms with Gasteiger partial charge in [0.05, 0.1) is 20.3 Å². The number of carbonyl (C=O) groups excluding carboxylic acids is 2. The molecule has 1 amide bonds. The molecule has 0 heterocycles. The number of carbonyl (C=O) groups is 2. The van der Waals surface area contributed by atoms with Crippen LogP contribution in [0.15, 0.2) is 66.7 Å². The standard InChI is InChI=1S/C31H34F3NO5/c1-6-7-18-39-27-17-14-24(19-26(27)22-10-15-25(16-11-22)40-31(32,33)34)35(28(36)29(37)38-5)20-21-8-12-23(13-9-21)30(2,3)4/h8-17,19H,6-7,18,20H2,1-5H3. The van der Waals surface area contributed by atoms with Gasteiger partial charge in [-0.2, -0.15) is 0 Å². The number of rotatable bonds is 9.